The summed E-state index contributed by atoms with van der Waals surface area (Å²) in [6, 6.07) is 6.14. The van der Waals surface area contributed by atoms with Crippen molar-refractivity contribution in [3.05, 3.63) is 24.3 Å². The third-order valence-electron chi connectivity index (χ3n) is 3.89. The number of morpholine rings is 1. The highest BCUT2D eigenvalue weighted by atomic mass is 16.5. The number of ether oxygens (including phenoxy) is 2. The van der Waals surface area contributed by atoms with Crippen molar-refractivity contribution < 1.29 is 23.9 Å². The van der Waals surface area contributed by atoms with Crippen molar-refractivity contribution in [1.29, 1.82) is 0 Å². The number of benzene rings is 1. The fourth-order valence-electron chi connectivity index (χ4n) is 2.79. The lowest BCUT2D eigenvalue weighted by molar-refractivity contribution is -0.131. The average Bonchev–Trinajstić information content (AvgIpc) is 2.80. The first-order valence-electron chi connectivity index (χ1n) is 7.76. The minimum atomic E-state index is -0.505. The predicted octanol–water partition coefficient (Wildman–Crippen LogP) is 0.687. The summed E-state index contributed by atoms with van der Waals surface area (Å²) in [4.78, 5) is 38.3. The molecule has 2 aliphatic heterocycles. The summed E-state index contributed by atoms with van der Waals surface area (Å²) >= 11 is 0. The van der Waals surface area contributed by atoms with Crippen LogP contribution in [0.2, 0.25) is 0 Å². The normalized spacial score (nSPS) is 20.1. The summed E-state index contributed by atoms with van der Waals surface area (Å²) in [6.07, 6.45) is 0. The molecule has 3 rings (SSSR count). The standard InChI is InChI=1S/C16H19N3O5/c1-11(20)17-12-3-2-4-13(9-12)24-8-6-19-15(21)14-10-23-7-5-18(14)16(19)22/h2-4,9,14H,5-8,10H2,1H3,(H,17,20)/t14-/m0/s1. The van der Waals surface area contributed by atoms with Gasteiger partial charge in [-0.25, -0.2) is 4.79 Å². The summed E-state index contributed by atoms with van der Waals surface area (Å²) in [7, 11) is 0. The van der Waals surface area contributed by atoms with Gasteiger partial charge in [-0.15, -0.1) is 0 Å². The SMILES string of the molecule is CC(=O)Nc1cccc(OCCN2C(=O)[C@@H]3COCCN3C2=O)c1. The summed E-state index contributed by atoms with van der Waals surface area (Å²) in [6.45, 7) is 2.93. The lowest BCUT2D eigenvalue weighted by Gasteiger charge is -2.26. The van der Waals surface area contributed by atoms with Crippen LogP contribution in [0.25, 0.3) is 0 Å². The molecule has 0 bridgehead atoms. The number of carbonyl (C=O) groups excluding carboxylic acids is 3. The Labute approximate surface area is 139 Å². The van der Waals surface area contributed by atoms with Crippen LogP contribution in [0.1, 0.15) is 6.92 Å². The molecule has 2 saturated heterocycles. The van der Waals surface area contributed by atoms with Crippen LogP contribution in [0, 0.1) is 0 Å². The van der Waals surface area contributed by atoms with Gasteiger partial charge in [-0.2, -0.15) is 0 Å². The summed E-state index contributed by atoms with van der Waals surface area (Å²) in [5.74, 6) is 0.149. The number of fused-ring (bicyclic) bond motifs is 1. The lowest BCUT2D eigenvalue weighted by Crippen LogP contribution is -2.45. The van der Waals surface area contributed by atoms with Crippen LogP contribution >= 0.6 is 0 Å². The number of hydrogen-bond acceptors (Lipinski definition) is 5. The van der Waals surface area contributed by atoms with Crippen LogP contribution in [0.15, 0.2) is 24.3 Å². The number of amides is 4. The number of nitrogens with one attached hydrogen (secondary N) is 1. The van der Waals surface area contributed by atoms with E-state index in [2.05, 4.69) is 5.32 Å². The first kappa shape index (κ1) is 16.3. The molecule has 2 aliphatic rings. The van der Waals surface area contributed by atoms with Crippen molar-refractivity contribution in [3.63, 3.8) is 0 Å². The highest BCUT2D eigenvalue weighted by Crippen LogP contribution is 2.21. The molecule has 2 heterocycles. The lowest BCUT2D eigenvalue weighted by atomic mass is 10.2. The molecule has 0 spiro atoms. The molecule has 0 aliphatic carbocycles. The first-order chi connectivity index (χ1) is 11.6. The van der Waals surface area contributed by atoms with Gasteiger partial charge in [-0.1, -0.05) is 6.07 Å². The Hall–Kier alpha value is -2.61. The Bertz CT molecular complexity index is 639. The second-order valence-electron chi connectivity index (χ2n) is 5.61. The third-order valence-corrected chi connectivity index (χ3v) is 3.89. The van der Waals surface area contributed by atoms with Gasteiger partial charge in [0.15, 0.2) is 0 Å². The number of urea groups is 1. The van der Waals surface area contributed by atoms with E-state index in [0.717, 1.165) is 0 Å². The molecule has 1 aromatic carbocycles. The monoisotopic (exact) mass is 333 g/mol. The Morgan fingerprint density at radius 3 is 3.00 bits per heavy atom. The van der Waals surface area contributed by atoms with E-state index in [1.54, 1.807) is 29.2 Å². The summed E-state index contributed by atoms with van der Waals surface area (Å²) in [5.41, 5.74) is 0.627. The highest BCUT2D eigenvalue weighted by molar-refractivity contribution is 6.04. The maximum absolute atomic E-state index is 12.2. The van der Waals surface area contributed by atoms with Crippen molar-refractivity contribution in [3.8, 4) is 5.75 Å². The molecule has 128 valence electrons. The van der Waals surface area contributed by atoms with Gasteiger partial charge in [0.1, 0.15) is 18.4 Å². The van der Waals surface area contributed by atoms with E-state index in [4.69, 9.17) is 9.47 Å². The van der Waals surface area contributed by atoms with Gasteiger partial charge in [0, 0.05) is 25.2 Å². The zero-order valence-electron chi connectivity index (χ0n) is 13.4. The minimum Gasteiger partial charge on any atom is -0.492 e. The van der Waals surface area contributed by atoms with Gasteiger partial charge in [-0.3, -0.25) is 14.5 Å². The molecule has 0 radical (unpaired) electrons. The predicted molar refractivity (Wildman–Crippen MR) is 84.7 cm³/mol. The average molecular weight is 333 g/mol. The Kier molecular flexibility index (Phi) is 4.66. The van der Waals surface area contributed by atoms with E-state index in [-0.39, 0.29) is 37.6 Å². The molecular weight excluding hydrogens is 314 g/mol. The maximum Gasteiger partial charge on any atom is 0.327 e. The molecule has 1 N–H and O–H groups in total. The van der Waals surface area contributed by atoms with Crippen LogP contribution in [-0.2, 0) is 14.3 Å². The maximum atomic E-state index is 12.2. The number of rotatable bonds is 5. The molecule has 24 heavy (non-hydrogen) atoms. The van der Waals surface area contributed by atoms with Gasteiger partial charge in [0.25, 0.3) is 5.91 Å². The van der Waals surface area contributed by atoms with Gasteiger partial charge in [0.2, 0.25) is 5.91 Å². The second-order valence-corrected chi connectivity index (χ2v) is 5.61. The Morgan fingerprint density at radius 1 is 1.42 bits per heavy atom. The highest BCUT2D eigenvalue weighted by Gasteiger charge is 2.46. The summed E-state index contributed by atoms with van der Waals surface area (Å²) < 4.78 is 10.9. The van der Waals surface area contributed by atoms with Gasteiger partial charge in [0.05, 0.1) is 19.8 Å². The fraction of sp³-hybridized carbons (Fsp3) is 0.438. The number of anilines is 1. The summed E-state index contributed by atoms with van der Waals surface area (Å²) in [5, 5.41) is 2.67. The van der Waals surface area contributed by atoms with E-state index in [1.165, 1.54) is 11.8 Å². The van der Waals surface area contributed by atoms with Crippen LogP contribution in [0.4, 0.5) is 10.5 Å². The van der Waals surface area contributed by atoms with Crippen molar-refractivity contribution in [2.45, 2.75) is 13.0 Å². The van der Waals surface area contributed by atoms with Gasteiger partial charge in [-0.05, 0) is 12.1 Å². The zero-order chi connectivity index (χ0) is 17.1. The largest absolute Gasteiger partial charge is 0.492 e. The first-order valence-corrected chi connectivity index (χ1v) is 7.76. The van der Waals surface area contributed by atoms with Crippen LogP contribution < -0.4 is 10.1 Å². The number of nitrogens with zero attached hydrogens (tertiary/aromatic N) is 2. The molecule has 2 fully saturated rings. The molecule has 8 heteroatoms. The van der Waals surface area contributed by atoms with Gasteiger partial charge >= 0.3 is 6.03 Å². The molecule has 0 aromatic heterocycles. The van der Waals surface area contributed by atoms with Crippen molar-refractivity contribution in [2.75, 3.05) is 38.2 Å². The molecule has 0 unspecified atom stereocenters. The van der Waals surface area contributed by atoms with E-state index >= 15 is 0 Å². The smallest absolute Gasteiger partial charge is 0.327 e. The molecule has 1 atom stereocenters. The number of carbonyl (C=O) groups is 3. The molecule has 1 aromatic rings. The molecular formula is C16H19N3O5. The second kappa shape index (κ2) is 6.88. The number of hydrogen-bond donors (Lipinski definition) is 1. The van der Waals surface area contributed by atoms with Crippen molar-refractivity contribution in [1.82, 2.24) is 9.80 Å². The third kappa shape index (κ3) is 3.33. The zero-order valence-corrected chi connectivity index (χ0v) is 13.4. The Balaban J connectivity index is 1.55. The van der Waals surface area contributed by atoms with E-state index < -0.39 is 6.04 Å². The van der Waals surface area contributed by atoms with Crippen LogP contribution in [0.3, 0.4) is 0 Å². The van der Waals surface area contributed by atoms with Crippen LogP contribution in [0.5, 0.6) is 5.75 Å². The molecule has 4 amide bonds. The molecule has 8 nitrogen and oxygen atoms in total. The fourth-order valence-corrected chi connectivity index (χ4v) is 2.79. The topological polar surface area (TPSA) is 88.2 Å². The van der Waals surface area contributed by atoms with E-state index in [9.17, 15) is 14.4 Å². The van der Waals surface area contributed by atoms with E-state index in [1.807, 2.05) is 0 Å². The van der Waals surface area contributed by atoms with Gasteiger partial charge < -0.3 is 19.7 Å². The van der Waals surface area contributed by atoms with Crippen LogP contribution in [-0.4, -0.2) is 66.6 Å². The Morgan fingerprint density at radius 2 is 2.25 bits per heavy atom. The minimum absolute atomic E-state index is 0.167. The van der Waals surface area contributed by atoms with E-state index in [0.29, 0.717) is 24.6 Å². The molecule has 0 saturated carbocycles. The number of imide groups is 1. The van der Waals surface area contributed by atoms with Crippen molar-refractivity contribution in [2.24, 2.45) is 0 Å². The quantitative estimate of drug-likeness (QED) is 0.801. The van der Waals surface area contributed by atoms with Crippen molar-refractivity contribution >= 4 is 23.5 Å².